The Morgan fingerprint density at radius 2 is 1.78 bits per heavy atom. The highest BCUT2D eigenvalue weighted by molar-refractivity contribution is 7.89. The second kappa shape index (κ2) is 9.73. The van der Waals surface area contributed by atoms with Gasteiger partial charge in [-0.2, -0.15) is 4.31 Å². The van der Waals surface area contributed by atoms with E-state index < -0.39 is 10.0 Å². The minimum Gasteiger partial charge on any atom is -0.482 e. The standard InChI is InChI=1S/C18H28ClN3O4S/c1-4-20-9-11-21(12-10-20)18(23)14-26-16-8-7-15(19)13-17(16)27(24,25)22(5-2)6-3/h7-8,13H,4-6,9-12,14H2,1-3H3. The monoisotopic (exact) mass is 417 g/mol. The number of hydrogen-bond acceptors (Lipinski definition) is 5. The van der Waals surface area contributed by atoms with Crippen LogP contribution in [0.15, 0.2) is 23.1 Å². The Hall–Kier alpha value is -1.35. The molecule has 1 fully saturated rings. The lowest BCUT2D eigenvalue weighted by Crippen LogP contribution is -2.49. The van der Waals surface area contributed by atoms with Gasteiger partial charge in [0.2, 0.25) is 10.0 Å². The summed E-state index contributed by atoms with van der Waals surface area (Å²) in [5.74, 6) is -0.00117. The van der Waals surface area contributed by atoms with Crippen LogP contribution >= 0.6 is 11.6 Å². The number of hydrogen-bond donors (Lipinski definition) is 0. The minimum atomic E-state index is -3.75. The van der Waals surface area contributed by atoms with Crippen molar-refractivity contribution >= 4 is 27.5 Å². The lowest BCUT2D eigenvalue weighted by atomic mass is 10.3. The van der Waals surface area contributed by atoms with E-state index in [0.29, 0.717) is 31.2 Å². The second-order valence-electron chi connectivity index (χ2n) is 6.28. The molecular weight excluding hydrogens is 390 g/mol. The van der Waals surface area contributed by atoms with Gasteiger partial charge in [0, 0.05) is 44.3 Å². The van der Waals surface area contributed by atoms with Crippen LogP contribution in [-0.4, -0.2) is 80.9 Å². The van der Waals surface area contributed by atoms with Crippen molar-refractivity contribution in [1.82, 2.24) is 14.1 Å². The lowest BCUT2D eigenvalue weighted by Gasteiger charge is -2.34. The van der Waals surface area contributed by atoms with Crippen LogP contribution in [-0.2, 0) is 14.8 Å². The third-order valence-electron chi connectivity index (χ3n) is 4.75. The van der Waals surface area contributed by atoms with E-state index in [0.717, 1.165) is 19.6 Å². The summed E-state index contributed by atoms with van der Waals surface area (Å²) >= 11 is 6.01. The molecule has 0 aromatic heterocycles. The molecule has 0 bridgehead atoms. The molecule has 7 nitrogen and oxygen atoms in total. The third kappa shape index (κ3) is 5.34. The number of piperazine rings is 1. The molecule has 0 aliphatic carbocycles. The summed E-state index contributed by atoms with van der Waals surface area (Å²) in [6.07, 6.45) is 0. The minimum absolute atomic E-state index is 0.0118. The number of halogens is 1. The summed E-state index contributed by atoms with van der Waals surface area (Å²) in [5, 5.41) is 0.301. The fourth-order valence-electron chi connectivity index (χ4n) is 3.05. The van der Waals surface area contributed by atoms with Crippen LogP contribution in [0.5, 0.6) is 5.75 Å². The number of ether oxygens (including phenoxy) is 1. The smallest absolute Gasteiger partial charge is 0.260 e. The van der Waals surface area contributed by atoms with Gasteiger partial charge in [0.05, 0.1) is 0 Å². The van der Waals surface area contributed by atoms with E-state index in [9.17, 15) is 13.2 Å². The molecule has 1 amide bonds. The summed E-state index contributed by atoms with van der Waals surface area (Å²) < 4.78 is 32.7. The zero-order valence-corrected chi connectivity index (χ0v) is 17.7. The first-order chi connectivity index (χ1) is 12.8. The van der Waals surface area contributed by atoms with Crippen molar-refractivity contribution in [3.63, 3.8) is 0 Å². The maximum absolute atomic E-state index is 12.9. The first-order valence-corrected chi connectivity index (χ1v) is 11.1. The normalized spacial score (nSPS) is 16.0. The third-order valence-corrected chi connectivity index (χ3v) is 7.06. The highest BCUT2D eigenvalue weighted by atomic mass is 35.5. The van der Waals surface area contributed by atoms with E-state index in [1.807, 2.05) is 0 Å². The predicted octanol–water partition coefficient (Wildman–Crippen LogP) is 1.91. The quantitative estimate of drug-likeness (QED) is 0.646. The number of likely N-dealkylation sites (N-methyl/N-ethyl adjacent to an activating group) is 1. The van der Waals surface area contributed by atoms with Crippen molar-refractivity contribution in [1.29, 1.82) is 0 Å². The fourth-order valence-corrected chi connectivity index (χ4v) is 4.90. The Morgan fingerprint density at radius 1 is 1.15 bits per heavy atom. The van der Waals surface area contributed by atoms with Crippen molar-refractivity contribution in [2.75, 3.05) is 52.4 Å². The molecule has 0 saturated carbocycles. The molecule has 1 heterocycles. The Bertz CT molecular complexity index is 745. The summed E-state index contributed by atoms with van der Waals surface area (Å²) in [4.78, 5) is 16.5. The van der Waals surface area contributed by atoms with Crippen LogP contribution in [0.2, 0.25) is 5.02 Å². The van der Waals surface area contributed by atoms with Gasteiger partial charge >= 0.3 is 0 Å². The molecule has 0 radical (unpaired) electrons. The zero-order valence-electron chi connectivity index (χ0n) is 16.1. The van der Waals surface area contributed by atoms with Gasteiger partial charge in [-0.1, -0.05) is 32.4 Å². The van der Waals surface area contributed by atoms with Gasteiger partial charge in [0.25, 0.3) is 5.91 Å². The summed E-state index contributed by atoms with van der Waals surface area (Å²) in [6.45, 7) is 10.1. The van der Waals surface area contributed by atoms with Crippen LogP contribution in [0.3, 0.4) is 0 Å². The van der Waals surface area contributed by atoms with Crippen LogP contribution in [0.4, 0.5) is 0 Å². The maximum atomic E-state index is 12.9. The van der Waals surface area contributed by atoms with E-state index in [2.05, 4.69) is 11.8 Å². The SMILES string of the molecule is CCN1CCN(C(=O)COc2ccc(Cl)cc2S(=O)(=O)N(CC)CC)CC1. The van der Waals surface area contributed by atoms with E-state index in [4.69, 9.17) is 16.3 Å². The summed E-state index contributed by atoms with van der Waals surface area (Å²) in [7, 11) is -3.75. The van der Waals surface area contributed by atoms with Crippen molar-refractivity contribution < 1.29 is 17.9 Å². The Balaban J connectivity index is 2.12. The van der Waals surface area contributed by atoms with Crippen molar-refractivity contribution in [2.45, 2.75) is 25.7 Å². The van der Waals surface area contributed by atoms with E-state index in [-0.39, 0.29) is 23.2 Å². The number of amides is 1. The number of nitrogens with zero attached hydrogens (tertiary/aromatic N) is 3. The van der Waals surface area contributed by atoms with Gasteiger partial charge in [0.15, 0.2) is 6.61 Å². The number of benzene rings is 1. The topological polar surface area (TPSA) is 70.2 Å². The Kier molecular flexibility index (Phi) is 7.91. The zero-order chi connectivity index (χ0) is 20.0. The van der Waals surface area contributed by atoms with Gasteiger partial charge in [0.1, 0.15) is 10.6 Å². The molecule has 0 N–H and O–H groups in total. The van der Waals surface area contributed by atoms with Crippen molar-refractivity contribution in [2.24, 2.45) is 0 Å². The second-order valence-corrected chi connectivity index (χ2v) is 8.63. The molecule has 0 unspecified atom stereocenters. The van der Waals surface area contributed by atoms with Gasteiger partial charge in [-0.05, 0) is 24.7 Å². The van der Waals surface area contributed by atoms with Crippen LogP contribution in [0.25, 0.3) is 0 Å². The lowest BCUT2D eigenvalue weighted by molar-refractivity contribution is -0.135. The molecule has 1 aliphatic heterocycles. The summed E-state index contributed by atoms with van der Waals surface area (Å²) in [6, 6.07) is 4.43. The molecule has 1 aromatic rings. The molecule has 1 aliphatic rings. The number of rotatable bonds is 8. The number of sulfonamides is 1. The molecule has 152 valence electrons. The number of carbonyl (C=O) groups is 1. The average Bonchev–Trinajstić information content (AvgIpc) is 2.67. The average molecular weight is 418 g/mol. The van der Waals surface area contributed by atoms with E-state index >= 15 is 0 Å². The van der Waals surface area contributed by atoms with Gasteiger partial charge in [-0.15, -0.1) is 0 Å². The maximum Gasteiger partial charge on any atom is 0.260 e. The van der Waals surface area contributed by atoms with E-state index in [1.54, 1.807) is 24.8 Å². The molecule has 0 spiro atoms. The molecule has 2 rings (SSSR count). The van der Waals surface area contributed by atoms with Crippen LogP contribution in [0.1, 0.15) is 20.8 Å². The fraction of sp³-hybridized carbons (Fsp3) is 0.611. The van der Waals surface area contributed by atoms with E-state index in [1.165, 1.54) is 16.4 Å². The molecule has 1 saturated heterocycles. The summed E-state index contributed by atoms with van der Waals surface area (Å²) in [5.41, 5.74) is 0. The van der Waals surface area contributed by atoms with Crippen molar-refractivity contribution in [3.05, 3.63) is 23.2 Å². The molecule has 27 heavy (non-hydrogen) atoms. The highest BCUT2D eigenvalue weighted by Crippen LogP contribution is 2.30. The van der Waals surface area contributed by atoms with Gasteiger partial charge < -0.3 is 14.5 Å². The molecular formula is C18H28ClN3O4S. The Labute approximate surface area is 166 Å². The van der Waals surface area contributed by atoms with Crippen LogP contribution < -0.4 is 4.74 Å². The molecule has 9 heteroatoms. The first-order valence-electron chi connectivity index (χ1n) is 9.26. The van der Waals surface area contributed by atoms with Crippen molar-refractivity contribution in [3.8, 4) is 5.75 Å². The highest BCUT2D eigenvalue weighted by Gasteiger charge is 2.27. The van der Waals surface area contributed by atoms with Gasteiger partial charge in [-0.25, -0.2) is 8.42 Å². The Morgan fingerprint density at radius 3 is 2.33 bits per heavy atom. The predicted molar refractivity (Wildman–Crippen MR) is 106 cm³/mol. The van der Waals surface area contributed by atoms with Crippen LogP contribution in [0, 0.1) is 0 Å². The van der Waals surface area contributed by atoms with Gasteiger partial charge in [-0.3, -0.25) is 4.79 Å². The molecule has 0 atom stereocenters. The first kappa shape index (κ1) is 21.9. The molecule has 1 aromatic carbocycles. The largest absolute Gasteiger partial charge is 0.482 e. The number of carbonyl (C=O) groups excluding carboxylic acids is 1.